The monoisotopic (exact) mass is 1600 g/mol. The summed E-state index contributed by atoms with van der Waals surface area (Å²) in [5.41, 5.74) is 0. The van der Waals surface area contributed by atoms with Crippen LogP contribution in [0, 0.1) is 0 Å². The van der Waals surface area contributed by atoms with Gasteiger partial charge in [-0.05, 0) is 32.6 Å². The van der Waals surface area contributed by atoms with Gasteiger partial charge in [0.2, 0.25) is 0 Å². The minimum atomic E-state index is -2.13. The molecule has 3 fully saturated rings. The fourth-order valence-corrected chi connectivity index (χ4v) is 14.0. The Balaban J connectivity index is 2.34. The van der Waals surface area contributed by atoms with Crippen LogP contribution in [0.3, 0.4) is 0 Å². The predicted octanol–water partition coefficient (Wildman–Crippen LogP) is 10.6. The van der Waals surface area contributed by atoms with Crippen LogP contribution in [0.25, 0.3) is 0 Å². The first-order valence-corrected chi connectivity index (χ1v) is 40.4. The third kappa shape index (κ3) is 39.8. The van der Waals surface area contributed by atoms with Crippen LogP contribution in [0.2, 0.25) is 0 Å². The van der Waals surface area contributed by atoms with E-state index >= 15 is 4.79 Å². The van der Waals surface area contributed by atoms with Gasteiger partial charge in [0.05, 0.1) is 18.8 Å². The molecule has 19 atom stereocenters. The smallest absolute Gasteiger partial charge is 0.303 e. The highest BCUT2D eigenvalue weighted by Crippen LogP contribution is 2.39. The lowest BCUT2D eigenvalue weighted by molar-refractivity contribution is -0.386. The van der Waals surface area contributed by atoms with Gasteiger partial charge in [-0.25, -0.2) is 0 Å². The molecule has 0 aliphatic carbocycles. The molecule has 3 rings (SSSR count). The zero-order valence-electron chi connectivity index (χ0n) is 69.0. The second-order valence-electron chi connectivity index (χ2n) is 29.2. The summed E-state index contributed by atoms with van der Waals surface area (Å²) in [6.07, 6.45) is -2.94. The number of hydrogen-bond donors (Lipinski definition) is 1. The van der Waals surface area contributed by atoms with Crippen molar-refractivity contribution in [3.05, 3.63) is 0 Å². The number of hydrogen-bond acceptors (Lipinski definition) is 31. The lowest BCUT2D eigenvalue weighted by atomic mass is 9.95. The molecule has 0 unspecified atom stereocenters. The van der Waals surface area contributed by atoms with Gasteiger partial charge in [0, 0.05) is 83.1 Å². The Morgan fingerprint density at radius 2 is 0.634 bits per heavy atom. The van der Waals surface area contributed by atoms with E-state index in [0.717, 1.165) is 167 Å². The van der Waals surface area contributed by atoms with E-state index in [9.17, 15) is 57.5 Å². The van der Waals surface area contributed by atoms with Crippen molar-refractivity contribution >= 4 is 77.5 Å². The Labute approximate surface area is 660 Å². The first-order chi connectivity index (χ1) is 53.3. The minimum Gasteiger partial charge on any atom is -0.463 e. The van der Waals surface area contributed by atoms with E-state index in [1.807, 2.05) is 0 Å². The molecule has 0 bridgehead atoms. The average molecular weight is 1600 g/mol. The maximum absolute atomic E-state index is 15.1. The Bertz CT molecular complexity index is 2870. The maximum atomic E-state index is 15.1. The number of nitrogens with one attached hydrogen (secondary N) is 1. The van der Waals surface area contributed by atoms with Crippen LogP contribution in [-0.2, 0) is 148 Å². The molecule has 0 aromatic heterocycles. The second-order valence-corrected chi connectivity index (χ2v) is 29.2. The van der Waals surface area contributed by atoms with Gasteiger partial charge in [-0.1, -0.05) is 181 Å². The van der Waals surface area contributed by atoms with E-state index in [1.54, 1.807) is 0 Å². The molecule has 0 spiro atoms. The molecular weight excluding hydrogens is 1470 g/mol. The van der Waals surface area contributed by atoms with E-state index in [-0.39, 0.29) is 12.8 Å². The lowest BCUT2D eigenvalue weighted by Crippen LogP contribution is -2.69. The molecular formula is C80H131NO31. The minimum absolute atomic E-state index is 0.0378. The molecule has 642 valence electrons. The Kier molecular flexibility index (Phi) is 49.0. The van der Waals surface area contributed by atoms with Gasteiger partial charge in [0.25, 0.3) is 5.91 Å². The number of carbonyl (C=O) groups excluding carboxylic acids is 13. The Hall–Kier alpha value is -7.13. The molecule has 112 heavy (non-hydrogen) atoms. The summed E-state index contributed by atoms with van der Waals surface area (Å²) in [5.74, 6) is -12.3. The highest BCUT2D eigenvalue weighted by atomic mass is 16.8. The highest BCUT2D eigenvalue weighted by Gasteiger charge is 2.60. The van der Waals surface area contributed by atoms with Crippen LogP contribution in [0.1, 0.15) is 296 Å². The van der Waals surface area contributed by atoms with E-state index in [1.165, 1.54) is 77.6 Å². The van der Waals surface area contributed by atoms with Crippen molar-refractivity contribution in [2.45, 2.75) is 413 Å². The van der Waals surface area contributed by atoms with Gasteiger partial charge in [-0.2, -0.15) is 0 Å². The topological polar surface area (TPSA) is 400 Å². The van der Waals surface area contributed by atoms with E-state index < -0.39 is 214 Å². The number of esters is 12. The average Bonchev–Trinajstić information content (AvgIpc) is 0.757. The largest absolute Gasteiger partial charge is 0.463 e. The van der Waals surface area contributed by atoms with Crippen LogP contribution < -0.4 is 5.32 Å². The molecule has 0 radical (unpaired) electrons. The molecule has 0 aromatic carbocycles. The Morgan fingerprint density at radius 1 is 0.312 bits per heavy atom. The summed E-state index contributed by atoms with van der Waals surface area (Å²) in [6, 6.07) is -1.62. The first-order valence-electron chi connectivity index (χ1n) is 40.4. The van der Waals surface area contributed by atoms with E-state index in [2.05, 4.69) is 19.2 Å². The van der Waals surface area contributed by atoms with Gasteiger partial charge >= 0.3 is 71.6 Å². The fourth-order valence-electron chi connectivity index (χ4n) is 14.0. The zero-order valence-corrected chi connectivity index (χ0v) is 69.0. The lowest BCUT2D eigenvalue weighted by Gasteiger charge is -2.50. The van der Waals surface area contributed by atoms with Crippen molar-refractivity contribution < 1.29 is 148 Å². The third-order valence-corrected chi connectivity index (χ3v) is 18.9. The number of unbranched alkanes of at least 4 members (excludes halogenated alkanes) is 26. The third-order valence-electron chi connectivity index (χ3n) is 18.9. The summed E-state index contributed by atoms with van der Waals surface area (Å²) < 4.78 is 109. The van der Waals surface area contributed by atoms with Gasteiger partial charge in [-0.15, -0.1) is 0 Å². The summed E-state index contributed by atoms with van der Waals surface area (Å²) in [6.45, 7) is 15.6. The second kappa shape index (κ2) is 55.4. The van der Waals surface area contributed by atoms with Crippen LogP contribution in [0.4, 0.5) is 0 Å². The number of rotatable bonds is 55. The predicted molar refractivity (Wildman–Crippen MR) is 398 cm³/mol. The number of carbonyl (C=O) groups is 13. The molecule has 1 amide bonds. The SMILES string of the molecule is CCCCCCCCCCCCCCCCCCCC[C@@H](OC(C)=O)C(=O)N[C@@H](CO[C@@H]1O[C@H](COC(C)=O)[C@@H](O[C@@H]2O[C@H](COC(C)=O)[C@H](OC(C)=O)[C@H](OC(C)=O)[C@H]2OC(C)=O)[C@H](O[C@@H]2O[C@@H](C)[C@@H](OC(C)=O)[C@@H](OC(C)=O)[C@@H]2OC(C)=O)[C@H]1OC(C)=O)[C@H](OC(C)=O)[C@@H](CCCCCCCCCCCC)OC(C)=O. The molecule has 32 heteroatoms. The van der Waals surface area contributed by atoms with Gasteiger partial charge < -0.3 is 90.6 Å². The molecule has 3 aliphatic heterocycles. The van der Waals surface area contributed by atoms with Crippen molar-refractivity contribution in [1.29, 1.82) is 0 Å². The van der Waals surface area contributed by atoms with Gasteiger partial charge in [0.15, 0.2) is 73.8 Å². The molecule has 3 aliphatic rings. The van der Waals surface area contributed by atoms with Crippen LogP contribution in [-0.4, -0.2) is 214 Å². The summed E-state index contributed by atoms with van der Waals surface area (Å²) in [7, 11) is 0. The van der Waals surface area contributed by atoms with Crippen molar-refractivity contribution in [2.75, 3.05) is 19.8 Å². The molecule has 0 aromatic rings. The van der Waals surface area contributed by atoms with Crippen LogP contribution in [0.5, 0.6) is 0 Å². The van der Waals surface area contributed by atoms with Gasteiger partial charge in [0.1, 0.15) is 43.7 Å². The quantitative estimate of drug-likeness (QED) is 0.0336. The van der Waals surface area contributed by atoms with E-state index in [4.69, 9.17) is 85.3 Å². The highest BCUT2D eigenvalue weighted by molar-refractivity contribution is 5.83. The first kappa shape index (κ1) is 99.1. The molecule has 3 saturated heterocycles. The van der Waals surface area contributed by atoms with Crippen LogP contribution >= 0.6 is 0 Å². The zero-order chi connectivity index (χ0) is 83.2. The molecule has 0 saturated carbocycles. The van der Waals surface area contributed by atoms with Crippen molar-refractivity contribution in [3.8, 4) is 0 Å². The summed E-state index contributed by atoms with van der Waals surface area (Å²) in [4.78, 5) is 173. The standard InChI is InChI=1S/C80H131NO31/c1-16-18-20-22-24-26-28-29-30-31-32-33-34-35-37-39-41-43-45-64(100-53(7)85)77(94)81-62(68(102-55(9)87)63(99-52(6)84)44-42-40-38-36-27-25-23-21-19-17-2)46-97-78-74(106-59(13)91)73(112-79-75(107-60(14)92)71(104-57(11)89)67(49(3)98-79)101-54(8)86)70(66(109-78)48-96-51(5)83)111-80-76(108-61(15)93)72(105-58(12)90)69(103-56(10)88)65(110-80)47-95-50(4)82/h49,62-76,78-80H,16-48H2,1-15H3,(H,81,94)/t49-,62-,63+,64+,65+,66+,67+,68-,69-,70+,71+,72-,73-,74+,75-,76+,78+,79-,80-/m0/s1. The molecule has 3 heterocycles. The number of ether oxygens (including phenoxy) is 18. The van der Waals surface area contributed by atoms with Crippen molar-refractivity contribution in [3.63, 3.8) is 0 Å². The van der Waals surface area contributed by atoms with Crippen molar-refractivity contribution in [2.24, 2.45) is 0 Å². The van der Waals surface area contributed by atoms with Gasteiger partial charge in [-0.3, -0.25) is 62.3 Å². The Morgan fingerprint density at radius 3 is 1.03 bits per heavy atom. The molecule has 1 N–H and O–H groups in total. The normalized spacial score (nSPS) is 24.5. The molecule has 32 nitrogen and oxygen atoms in total. The van der Waals surface area contributed by atoms with E-state index in [0.29, 0.717) is 25.7 Å². The van der Waals surface area contributed by atoms with Crippen LogP contribution in [0.15, 0.2) is 0 Å². The summed E-state index contributed by atoms with van der Waals surface area (Å²) >= 11 is 0. The maximum Gasteiger partial charge on any atom is 0.303 e. The fraction of sp³-hybridized carbons (Fsp3) is 0.838. The van der Waals surface area contributed by atoms with Crippen molar-refractivity contribution in [1.82, 2.24) is 5.32 Å². The number of amides is 1. The summed E-state index contributed by atoms with van der Waals surface area (Å²) in [5, 5.41) is 2.86.